The molecule has 1 N–H and O–H groups in total. The number of methoxy groups -OCH3 is 1. The molecule has 0 aliphatic heterocycles. The summed E-state index contributed by atoms with van der Waals surface area (Å²) in [5.74, 6) is -0.271. The highest BCUT2D eigenvalue weighted by molar-refractivity contribution is 6.14. The van der Waals surface area contributed by atoms with Gasteiger partial charge in [0.2, 0.25) is 0 Å². The first-order chi connectivity index (χ1) is 11.7. The summed E-state index contributed by atoms with van der Waals surface area (Å²) in [6.45, 7) is 2.11. The maximum Gasteiger partial charge on any atom is 0.315 e. The zero-order valence-corrected chi connectivity index (χ0v) is 13.9. The van der Waals surface area contributed by atoms with Crippen molar-refractivity contribution in [2.45, 2.75) is 19.3 Å². The van der Waals surface area contributed by atoms with Crippen LogP contribution in [-0.4, -0.2) is 25.4 Å². The van der Waals surface area contributed by atoms with Crippen LogP contribution in [0, 0.1) is 11.3 Å². The lowest BCUT2D eigenvalue weighted by Crippen LogP contribution is -2.27. The predicted octanol–water partition coefficient (Wildman–Crippen LogP) is 3.58. The third-order valence-electron chi connectivity index (χ3n) is 4.50. The molecule has 0 saturated carbocycles. The Balaban J connectivity index is 2.01. The highest BCUT2D eigenvalue weighted by Gasteiger charge is 2.42. The minimum Gasteiger partial charge on any atom is -0.497 e. The summed E-state index contributed by atoms with van der Waals surface area (Å²) in [5, 5.41) is 8.51. The molecular formula is C20H21NO3. The van der Waals surface area contributed by atoms with Crippen LogP contribution in [0.5, 0.6) is 5.75 Å². The zero-order valence-electron chi connectivity index (χ0n) is 13.9. The average Bonchev–Trinajstić information content (AvgIpc) is 2.87. The van der Waals surface area contributed by atoms with E-state index in [1.807, 2.05) is 48.5 Å². The molecule has 0 saturated heterocycles. The quantitative estimate of drug-likeness (QED) is 0.856. The molecule has 2 atom stereocenters. The van der Waals surface area contributed by atoms with Crippen molar-refractivity contribution in [2.75, 3.05) is 13.7 Å². The van der Waals surface area contributed by atoms with Gasteiger partial charge in [-0.05, 0) is 36.6 Å². The van der Waals surface area contributed by atoms with E-state index in [2.05, 4.69) is 0 Å². The molecule has 0 amide bonds. The van der Waals surface area contributed by atoms with Gasteiger partial charge in [0.15, 0.2) is 0 Å². The molecule has 0 heterocycles. The normalized spacial score (nSPS) is 19.0. The van der Waals surface area contributed by atoms with Crippen LogP contribution in [0.4, 0.5) is 0 Å². The Bertz CT molecular complexity index is 755. The molecule has 0 bridgehead atoms. The molecule has 0 spiro atoms. The van der Waals surface area contributed by atoms with Crippen LogP contribution in [0.25, 0.3) is 0 Å². The van der Waals surface area contributed by atoms with Gasteiger partial charge in [-0.1, -0.05) is 36.4 Å². The van der Waals surface area contributed by atoms with Gasteiger partial charge in [-0.15, -0.1) is 0 Å². The van der Waals surface area contributed by atoms with Crippen molar-refractivity contribution in [3.05, 3.63) is 65.2 Å². The number of carbonyl (C=O) groups is 1. The molecule has 1 aliphatic rings. The topological polar surface area (TPSA) is 59.4 Å². The first-order valence-electron chi connectivity index (χ1n) is 8.13. The summed E-state index contributed by atoms with van der Waals surface area (Å²) in [7, 11) is 1.60. The van der Waals surface area contributed by atoms with E-state index in [0.29, 0.717) is 24.5 Å². The maximum absolute atomic E-state index is 12.5. The number of rotatable bonds is 5. The van der Waals surface area contributed by atoms with E-state index in [1.54, 1.807) is 14.0 Å². The largest absolute Gasteiger partial charge is 0.497 e. The predicted molar refractivity (Wildman–Crippen MR) is 92.8 cm³/mol. The van der Waals surface area contributed by atoms with E-state index in [-0.39, 0.29) is 11.9 Å². The van der Waals surface area contributed by atoms with Gasteiger partial charge < -0.3 is 14.9 Å². The van der Waals surface area contributed by atoms with E-state index in [1.165, 1.54) is 0 Å². The highest BCUT2D eigenvalue weighted by Crippen LogP contribution is 2.42. The summed E-state index contributed by atoms with van der Waals surface area (Å²) in [5.41, 5.74) is 3.27. The second kappa shape index (κ2) is 6.87. The van der Waals surface area contributed by atoms with Crippen LogP contribution in [0.2, 0.25) is 0 Å². The molecular weight excluding hydrogens is 302 g/mol. The molecule has 24 heavy (non-hydrogen) atoms. The minimum absolute atomic E-state index is 0.0835. The monoisotopic (exact) mass is 323 g/mol. The van der Waals surface area contributed by atoms with Crippen molar-refractivity contribution in [3.8, 4) is 5.75 Å². The summed E-state index contributed by atoms with van der Waals surface area (Å²) < 4.78 is 10.5. The Kier molecular flexibility index (Phi) is 4.65. The molecule has 1 aliphatic carbocycles. The number of ether oxygens (including phenoxy) is 2. The van der Waals surface area contributed by atoms with E-state index in [9.17, 15) is 4.79 Å². The number of hydrogen-bond donors (Lipinski definition) is 1. The summed E-state index contributed by atoms with van der Waals surface area (Å²) in [6, 6.07) is 15.7. The Morgan fingerprint density at radius 1 is 1.17 bits per heavy atom. The molecule has 2 aromatic carbocycles. The highest BCUT2D eigenvalue weighted by atomic mass is 16.5. The van der Waals surface area contributed by atoms with Crippen LogP contribution in [0.1, 0.15) is 29.5 Å². The van der Waals surface area contributed by atoms with Crippen molar-refractivity contribution in [1.82, 2.24) is 0 Å². The molecule has 2 aromatic rings. The van der Waals surface area contributed by atoms with Crippen molar-refractivity contribution < 1.29 is 14.3 Å². The molecule has 0 aromatic heterocycles. The lowest BCUT2D eigenvalue weighted by atomic mass is 9.86. The van der Waals surface area contributed by atoms with Gasteiger partial charge in [-0.2, -0.15) is 0 Å². The summed E-state index contributed by atoms with van der Waals surface area (Å²) in [6.07, 6.45) is 0.700. The van der Waals surface area contributed by atoms with Crippen molar-refractivity contribution in [2.24, 2.45) is 5.92 Å². The second-order valence-electron chi connectivity index (χ2n) is 5.89. The number of carbonyl (C=O) groups excluding carboxylic acids is 1. The lowest BCUT2D eigenvalue weighted by Gasteiger charge is -2.19. The smallest absolute Gasteiger partial charge is 0.315 e. The van der Waals surface area contributed by atoms with Gasteiger partial charge in [0, 0.05) is 11.5 Å². The fourth-order valence-corrected chi connectivity index (χ4v) is 3.38. The van der Waals surface area contributed by atoms with Gasteiger partial charge in [-0.3, -0.25) is 4.79 Å². The Morgan fingerprint density at radius 2 is 1.92 bits per heavy atom. The molecule has 0 fully saturated rings. The first-order valence-corrected chi connectivity index (χ1v) is 8.13. The van der Waals surface area contributed by atoms with E-state index in [0.717, 1.165) is 16.7 Å². The standard InChI is InChI=1S/C20H21NO3/c1-3-24-20(22)18-16(11-13-7-5-4-6-8-13)15-10-9-14(23-2)12-17(15)19(18)21/h4-10,12,16,18,21H,3,11H2,1-2H3/t16-,18-/m0/s1. The van der Waals surface area contributed by atoms with E-state index < -0.39 is 5.92 Å². The van der Waals surface area contributed by atoms with Gasteiger partial charge >= 0.3 is 5.97 Å². The summed E-state index contributed by atoms with van der Waals surface area (Å²) in [4.78, 5) is 12.5. The van der Waals surface area contributed by atoms with Gasteiger partial charge in [0.25, 0.3) is 0 Å². The fourth-order valence-electron chi connectivity index (χ4n) is 3.38. The number of esters is 1. The number of benzene rings is 2. The van der Waals surface area contributed by atoms with Crippen molar-refractivity contribution >= 4 is 11.7 Å². The lowest BCUT2D eigenvalue weighted by molar-refractivity contribution is -0.146. The minimum atomic E-state index is -0.563. The fraction of sp³-hybridized carbons (Fsp3) is 0.300. The van der Waals surface area contributed by atoms with Crippen molar-refractivity contribution in [3.63, 3.8) is 0 Å². The SMILES string of the molecule is CCOC(=O)[C@@H]1C(=N)c2cc(OC)ccc2[C@@H]1Cc1ccccc1. The second-order valence-corrected chi connectivity index (χ2v) is 5.89. The van der Waals surface area contributed by atoms with Gasteiger partial charge in [0.1, 0.15) is 11.7 Å². The molecule has 3 rings (SSSR count). The molecule has 4 heteroatoms. The molecule has 124 valence electrons. The zero-order chi connectivity index (χ0) is 17.1. The van der Waals surface area contributed by atoms with Gasteiger partial charge in [-0.25, -0.2) is 0 Å². The van der Waals surface area contributed by atoms with Crippen LogP contribution >= 0.6 is 0 Å². The molecule has 0 radical (unpaired) electrons. The third kappa shape index (κ3) is 2.92. The Morgan fingerprint density at radius 3 is 2.58 bits per heavy atom. The van der Waals surface area contributed by atoms with Crippen molar-refractivity contribution in [1.29, 1.82) is 5.41 Å². The van der Waals surface area contributed by atoms with Crippen LogP contribution in [-0.2, 0) is 16.0 Å². The first kappa shape index (κ1) is 16.2. The summed E-state index contributed by atoms with van der Waals surface area (Å²) >= 11 is 0. The average molecular weight is 323 g/mol. The Hall–Kier alpha value is -2.62. The maximum atomic E-state index is 12.5. The number of hydrogen-bond acceptors (Lipinski definition) is 4. The molecule has 0 unspecified atom stereocenters. The van der Waals surface area contributed by atoms with Crippen LogP contribution in [0.3, 0.4) is 0 Å². The third-order valence-corrected chi connectivity index (χ3v) is 4.50. The van der Waals surface area contributed by atoms with Crippen LogP contribution < -0.4 is 4.74 Å². The molecule has 4 nitrogen and oxygen atoms in total. The van der Waals surface area contributed by atoms with E-state index in [4.69, 9.17) is 14.9 Å². The Labute approximate surface area is 141 Å². The van der Waals surface area contributed by atoms with E-state index >= 15 is 0 Å². The number of fused-ring (bicyclic) bond motifs is 1. The van der Waals surface area contributed by atoms with Crippen LogP contribution in [0.15, 0.2) is 48.5 Å². The van der Waals surface area contributed by atoms with Gasteiger partial charge in [0.05, 0.1) is 19.4 Å². The number of nitrogens with one attached hydrogen (secondary N) is 1.